The van der Waals surface area contributed by atoms with Crippen LogP contribution in [0.5, 0.6) is 5.75 Å². The normalized spacial score (nSPS) is 11.7. The van der Waals surface area contributed by atoms with Gasteiger partial charge in [0.25, 0.3) is 0 Å². The first kappa shape index (κ1) is 20.0. The van der Waals surface area contributed by atoms with Crippen LogP contribution < -0.4 is 15.0 Å². The minimum absolute atomic E-state index is 0.142. The molecule has 0 saturated heterocycles. The van der Waals surface area contributed by atoms with E-state index in [1.807, 2.05) is 18.2 Å². The number of para-hydroxylation sites is 2. The van der Waals surface area contributed by atoms with Gasteiger partial charge in [0.05, 0.1) is 6.54 Å². The van der Waals surface area contributed by atoms with Gasteiger partial charge in [-0.25, -0.2) is 9.13 Å². The lowest BCUT2D eigenvalue weighted by Gasteiger charge is -2.19. The van der Waals surface area contributed by atoms with Crippen LogP contribution in [-0.2, 0) is 18.5 Å². The number of rotatable bonds is 6. The molecule has 4 heteroatoms. The average molecular weight is 401 g/mol. The zero-order valence-electron chi connectivity index (χ0n) is 18.0. The maximum atomic E-state index is 6.58. The first-order valence-corrected chi connectivity index (χ1v) is 10.5. The lowest BCUT2D eigenvalue weighted by Crippen LogP contribution is -2.37. The fourth-order valence-electron chi connectivity index (χ4n) is 3.79. The second-order valence-corrected chi connectivity index (χ2v) is 8.69. The Labute approximate surface area is 178 Å². The molecule has 0 aliphatic heterocycles. The van der Waals surface area contributed by atoms with Crippen LogP contribution in [0.3, 0.4) is 0 Å². The highest BCUT2D eigenvalue weighted by Gasteiger charge is 2.21. The van der Waals surface area contributed by atoms with Gasteiger partial charge in [0.1, 0.15) is 29.9 Å². The molecule has 1 heterocycles. The molecule has 4 aromatic rings. The molecule has 4 rings (SSSR count). The summed E-state index contributed by atoms with van der Waals surface area (Å²) in [6.07, 6.45) is 0. The number of hydrogen-bond donors (Lipinski definition) is 1. The van der Waals surface area contributed by atoms with E-state index >= 15 is 0 Å². The number of hydrogen-bond acceptors (Lipinski definition) is 2. The van der Waals surface area contributed by atoms with Gasteiger partial charge in [-0.15, -0.1) is 0 Å². The smallest absolute Gasteiger partial charge is 0.356 e. The van der Waals surface area contributed by atoms with Crippen LogP contribution in [0.4, 0.5) is 5.95 Å². The van der Waals surface area contributed by atoms with Crippen LogP contribution in [0.2, 0.25) is 0 Å². The lowest BCUT2D eigenvalue weighted by atomic mass is 9.87. The average Bonchev–Trinajstić information content (AvgIpc) is 3.00. The molecule has 0 aliphatic rings. The monoisotopic (exact) mass is 400 g/mol. The Kier molecular flexibility index (Phi) is 5.49. The maximum absolute atomic E-state index is 6.58. The summed E-state index contributed by atoms with van der Waals surface area (Å²) in [4.78, 5) is 0. The van der Waals surface area contributed by atoms with E-state index in [1.54, 1.807) is 0 Å². The maximum Gasteiger partial charge on any atom is 0.356 e. The molecule has 0 saturated carbocycles. The van der Waals surface area contributed by atoms with E-state index in [9.17, 15) is 0 Å². The Morgan fingerprint density at radius 2 is 1.53 bits per heavy atom. The molecular weight excluding hydrogens is 370 g/mol. The van der Waals surface area contributed by atoms with Gasteiger partial charge >= 0.3 is 5.95 Å². The van der Waals surface area contributed by atoms with Gasteiger partial charge in [-0.2, -0.15) is 0 Å². The van der Waals surface area contributed by atoms with Crippen LogP contribution in [0.25, 0.3) is 11.0 Å². The molecule has 0 fully saturated rings. The van der Waals surface area contributed by atoms with Crippen molar-refractivity contribution in [1.29, 1.82) is 0 Å². The van der Waals surface area contributed by atoms with Crippen LogP contribution in [-0.4, -0.2) is 11.2 Å². The number of nitrogen functional groups attached to an aromatic ring is 1. The van der Waals surface area contributed by atoms with Crippen LogP contribution in [0.1, 0.15) is 31.9 Å². The SMILES string of the molecule is CC(C)(C)c1ccc(OCCn2c(N)[n+](Cc3ccccc3)c3ccccc32)cc1. The second-order valence-electron chi connectivity index (χ2n) is 8.69. The molecule has 0 radical (unpaired) electrons. The Balaban J connectivity index is 1.52. The summed E-state index contributed by atoms with van der Waals surface area (Å²) < 4.78 is 10.3. The van der Waals surface area contributed by atoms with Crippen LogP contribution in [0.15, 0.2) is 78.9 Å². The van der Waals surface area contributed by atoms with E-state index in [2.05, 4.69) is 90.6 Å². The molecule has 0 bridgehead atoms. The predicted octanol–water partition coefficient (Wildman–Crippen LogP) is 4.94. The summed E-state index contributed by atoms with van der Waals surface area (Å²) in [7, 11) is 0. The fraction of sp³-hybridized carbons (Fsp3) is 0.269. The molecule has 4 nitrogen and oxygen atoms in total. The molecule has 154 valence electrons. The molecule has 0 atom stereocenters. The number of nitrogens with zero attached hydrogens (tertiary/aromatic N) is 2. The van der Waals surface area contributed by atoms with Crippen LogP contribution in [0, 0.1) is 0 Å². The van der Waals surface area contributed by atoms with Crippen molar-refractivity contribution in [3.63, 3.8) is 0 Å². The number of nitrogens with two attached hydrogens (primary N) is 1. The third-order valence-electron chi connectivity index (χ3n) is 5.50. The van der Waals surface area contributed by atoms with E-state index in [1.165, 1.54) is 11.1 Å². The lowest BCUT2D eigenvalue weighted by molar-refractivity contribution is -0.648. The van der Waals surface area contributed by atoms with E-state index in [4.69, 9.17) is 10.5 Å². The first-order valence-electron chi connectivity index (χ1n) is 10.5. The van der Waals surface area contributed by atoms with Gasteiger partial charge in [-0.1, -0.05) is 75.4 Å². The van der Waals surface area contributed by atoms with Crippen molar-refractivity contribution in [2.45, 2.75) is 39.3 Å². The summed E-state index contributed by atoms with van der Waals surface area (Å²) >= 11 is 0. The molecule has 0 unspecified atom stereocenters. The molecule has 3 aromatic carbocycles. The van der Waals surface area contributed by atoms with E-state index in [0.717, 1.165) is 29.3 Å². The Bertz CT molecular complexity index is 1120. The van der Waals surface area contributed by atoms with Gasteiger partial charge < -0.3 is 4.74 Å². The number of anilines is 1. The summed E-state index contributed by atoms with van der Waals surface area (Å²) in [5.74, 6) is 1.63. The van der Waals surface area contributed by atoms with Gasteiger partial charge in [0.2, 0.25) is 0 Å². The minimum Gasteiger partial charge on any atom is -0.490 e. The van der Waals surface area contributed by atoms with Crippen molar-refractivity contribution in [2.75, 3.05) is 12.3 Å². The number of aromatic nitrogens is 2. The van der Waals surface area contributed by atoms with Crippen molar-refractivity contribution in [3.8, 4) is 5.75 Å². The molecule has 30 heavy (non-hydrogen) atoms. The Hall–Kier alpha value is -3.27. The predicted molar refractivity (Wildman–Crippen MR) is 123 cm³/mol. The summed E-state index contributed by atoms with van der Waals surface area (Å²) in [5, 5.41) is 0. The van der Waals surface area contributed by atoms with Crippen molar-refractivity contribution in [1.82, 2.24) is 4.57 Å². The van der Waals surface area contributed by atoms with E-state index in [-0.39, 0.29) is 5.41 Å². The summed E-state index contributed by atoms with van der Waals surface area (Å²) in [5.41, 5.74) is 11.5. The third-order valence-corrected chi connectivity index (χ3v) is 5.50. The standard InChI is InChI=1S/C26H29N3O/c1-26(2,3)21-13-15-22(16-14-21)30-18-17-28-23-11-7-8-12-24(23)29(25(28)27)19-20-9-5-4-6-10-20/h4-16,27H,17-19H2,1-3H3/p+1. The quantitative estimate of drug-likeness (QED) is 0.466. The zero-order chi connectivity index (χ0) is 21.1. The van der Waals surface area contributed by atoms with Gasteiger partial charge in [-0.3, -0.25) is 5.73 Å². The fourth-order valence-corrected chi connectivity index (χ4v) is 3.79. The van der Waals surface area contributed by atoms with Crippen molar-refractivity contribution in [2.24, 2.45) is 0 Å². The number of ether oxygens (including phenoxy) is 1. The molecular formula is C26H30N3O+. The van der Waals surface area contributed by atoms with Gasteiger partial charge in [-0.05, 0) is 40.8 Å². The number of imidazole rings is 1. The molecule has 0 aliphatic carbocycles. The topological polar surface area (TPSA) is 44.1 Å². The third kappa shape index (κ3) is 4.18. The molecule has 0 spiro atoms. The highest BCUT2D eigenvalue weighted by Crippen LogP contribution is 2.24. The first-order chi connectivity index (χ1) is 14.4. The Morgan fingerprint density at radius 3 is 2.23 bits per heavy atom. The molecule has 2 N–H and O–H groups in total. The van der Waals surface area contributed by atoms with Gasteiger partial charge in [0, 0.05) is 0 Å². The van der Waals surface area contributed by atoms with Gasteiger partial charge in [0.15, 0.2) is 0 Å². The molecule has 1 aromatic heterocycles. The Morgan fingerprint density at radius 1 is 0.867 bits per heavy atom. The zero-order valence-corrected chi connectivity index (χ0v) is 18.0. The minimum atomic E-state index is 0.142. The van der Waals surface area contributed by atoms with E-state index in [0.29, 0.717) is 13.2 Å². The number of benzene rings is 3. The second kappa shape index (κ2) is 8.23. The van der Waals surface area contributed by atoms with Crippen molar-refractivity contribution >= 4 is 17.0 Å². The summed E-state index contributed by atoms with van der Waals surface area (Å²) in [6, 6.07) is 27.1. The highest BCUT2D eigenvalue weighted by atomic mass is 16.5. The van der Waals surface area contributed by atoms with Crippen molar-refractivity contribution < 1.29 is 9.30 Å². The van der Waals surface area contributed by atoms with Crippen molar-refractivity contribution in [3.05, 3.63) is 90.0 Å². The highest BCUT2D eigenvalue weighted by molar-refractivity contribution is 5.73. The largest absolute Gasteiger partial charge is 0.490 e. The number of fused-ring (bicyclic) bond motifs is 1. The van der Waals surface area contributed by atoms with E-state index < -0.39 is 0 Å². The summed E-state index contributed by atoms with van der Waals surface area (Å²) in [6.45, 7) is 8.64. The molecule has 0 amide bonds. The van der Waals surface area contributed by atoms with Crippen LogP contribution >= 0.6 is 0 Å².